The van der Waals surface area contributed by atoms with Crippen molar-refractivity contribution in [3.05, 3.63) is 35.7 Å². The van der Waals surface area contributed by atoms with E-state index in [2.05, 4.69) is 15.3 Å². The number of nitrogens with zero attached hydrogens (tertiary/aromatic N) is 4. The summed E-state index contributed by atoms with van der Waals surface area (Å²) in [7, 11) is -3.51. The van der Waals surface area contributed by atoms with Gasteiger partial charge < -0.3 is 0 Å². The van der Waals surface area contributed by atoms with Gasteiger partial charge in [-0.2, -0.15) is 0 Å². The van der Waals surface area contributed by atoms with E-state index in [1.807, 2.05) is 39.0 Å². The lowest BCUT2D eigenvalue weighted by Gasteiger charge is -2.01. The van der Waals surface area contributed by atoms with Gasteiger partial charge in [-0.05, 0) is 38.5 Å². The molecule has 0 fully saturated rings. The van der Waals surface area contributed by atoms with Crippen LogP contribution in [0.4, 0.5) is 0 Å². The number of hydrogen-bond donors (Lipinski definition) is 0. The fourth-order valence-corrected chi connectivity index (χ4v) is 4.55. The molecule has 0 bridgehead atoms. The van der Waals surface area contributed by atoms with Crippen LogP contribution in [-0.4, -0.2) is 28.4 Å². The molecular formula is C14H16N4O2S2. The molecule has 0 aliphatic heterocycles. The molecule has 2 heterocycles. The summed E-state index contributed by atoms with van der Waals surface area (Å²) in [5.74, 6) is -0.182. The third-order valence-electron chi connectivity index (χ3n) is 3.21. The van der Waals surface area contributed by atoms with Gasteiger partial charge in [-0.3, -0.25) is 0 Å². The van der Waals surface area contributed by atoms with Crippen LogP contribution in [0, 0.1) is 6.92 Å². The summed E-state index contributed by atoms with van der Waals surface area (Å²) in [6.07, 6.45) is 1.67. The van der Waals surface area contributed by atoms with Gasteiger partial charge in [0.2, 0.25) is 14.2 Å². The average molecular weight is 336 g/mol. The van der Waals surface area contributed by atoms with Crippen LogP contribution in [0.1, 0.15) is 31.1 Å². The molecule has 0 unspecified atom stereocenters. The number of fused-ring (bicyclic) bond motifs is 1. The molecule has 3 aromatic rings. The number of hydrogen-bond acceptors (Lipinski definition) is 6. The van der Waals surface area contributed by atoms with E-state index in [1.165, 1.54) is 11.3 Å². The van der Waals surface area contributed by atoms with E-state index in [-0.39, 0.29) is 16.1 Å². The highest BCUT2D eigenvalue weighted by atomic mass is 32.2. The van der Waals surface area contributed by atoms with Crippen molar-refractivity contribution < 1.29 is 8.42 Å². The quantitative estimate of drug-likeness (QED) is 0.732. The van der Waals surface area contributed by atoms with Gasteiger partial charge >= 0.3 is 0 Å². The van der Waals surface area contributed by atoms with E-state index in [1.54, 1.807) is 10.9 Å². The third kappa shape index (κ3) is 2.89. The lowest BCUT2D eigenvalue weighted by atomic mass is 10.2. The van der Waals surface area contributed by atoms with E-state index in [0.717, 1.165) is 15.8 Å². The summed E-state index contributed by atoms with van der Waals surface area (Å²) in [5.41, 5.74) is 2.21. The van der Waals surface area contributed by atoms with Crippen molar-refractivity contribution in [3.63, 3.8) is 0 Å². The zero-order valence-corrected chi connectivity index (χ0v) is 14.1. The smallest absolute Gasteiger partial charge is 0.211 e. The van der Waals surface area contributed by atoms with Gasteiger partial charge in [0.25, 0.3) is 0 Å². The maximum atomic E-state index is 12.5. The van der Waals surface area contributed by atoms with Crippen molar-refractivity contribution >= 4 is 31.4 Å². The van der Waals surface area contributed by atoms with Crippen LogP contribution in [0.3, 0.4) is 0 Å². The summed E-state index contributed by atoms with van der Waals surface area (Å²) in [5, 5.41) is 7.86. The number of rotatable bonds is 4. The Bertz CT molecular complexity index is 925. The van der Waals surface area contributed by atoms with Crippen LogP contribution in [0.25, 0.3) is 10.2 Å². The second-order valence-corrected chi connectivity index (χ2v) is 8.69. The van der Waals surface area contributed by atoms with Crippen molar-refractivity contribution in [1.29, 1.82) is 0 Å². The van der Waals surface area contributed by atoms with Gasteiger partial charge in [0, 0.05) is 12.2 Å². The molecule has 0 spiro atoms. The largest absolute Gasteiger partial charge is 0.250 e. The Kier molecular flexibility index (Phi) is 3.73. The van der Waals surface area contributed by atoms with Crippen LogP contribution in [0.5, 0.6) is 0 Å². The minimum absolute atomic E-state index is 0.132. The molecule has 6 nitrogen and oxygen atoms in total. The highest BCUT2D eigenvalue weighted by Gasteiger charge is 2.22. The monoisotopic (exact) mass is 336 g/mol. The Morgan fingerprint density at radius 3 is 2.77 bits per heavy atom. The fourth-order valence-electron chi connectivity index (χ4n) is 2.04. The summed E-state index contributed by atoms with van der Waals surface area (Å²) < 4.78 is 27.7. The highest BCUT2D eigenvalue weighted by Crippen LogP contribution is 2.28. The maximum Gasteiger partial charge on any atom is 0.211 e. The molecule has 0 radical (unpaired) electrons. The minimum Gasteiger partial charge on any atom is -0.250 e. The summed E-state index contributed by atoms with van der Waals surface area (Å²) in [4.78, 5) is 4.26. The standard InChI is InChI=1S/C14H16N4O2S2/c1-9(2)18-7-11(16-17-18)8-22(19,20)14-15-12-6-10(3)4-5-13(12)21-14/h4-7,9H,8H2,1-3H3. The fraction of sp³-hybridized carbons (Fsp3) is 0.357. The molecule has 116 valence electrons. The zero-order chi connectivity index (χ0) is 15.9. The topological polar surface area (TPSA) is 77.7 Å². The van der Waals surface area contributed by atoms with Gasteiger partial charge in [0.05, 0.1) is 15.9 Å². The number of aromatic nitrogens is 4. The molecular weight excluding hydrogens is 320 g/mol. The minimum atomic E-state index is -3.51. The summed E-state index contributed by atoms with van der Waals surface area (Å²) in [6.45, 7) is 5.88. The molecule has 0 aliphatic carbocycles. The van der Waals surface area contributed by atoms with Gasteiger partial charge in [-0.25, -0.2) is 18.1 Å². The second kappa shape index (κ2) is 5.44. The van der Waals surface area contributed by atoms with E-state index >= 15 is 0 Å². The summed E-state index contributed by atoms with van der Waals surface area (Å²) in [6, 6.07) is 5.89. The Labute approximate surface area is 132 Å². The van der Waals surface area contributed by atoms with Crippen LogP contribution in [0.15, 0.2) is 28.7 Å². The van der Waals surface area contributed by atoms with Crippen molar-refractivity contribution in [3.8, 4) is 0 Å². The predicted octanol–water partition coefficient (Wildman–Crippen LogP) is 2.75. The average Bonchev–Trinajstić information content (AvgIpc) is 3.04. The maximum absolute atomic E-state index is 12.5. The lowest BCUT2D eigenvalue weighted by Crippen LogP contribution is -2.05. The lowest BCUT2D eigenvalue weighted by molar-refractivity contribution is 0.514. The molecule has 0 saturated heterocycles. The normalized spacial score (nSPS) is 12.4. The molecule has 1 aromatic carbocycles. The number of aryl methyl sites for hydroxylation is 1. The van der Waals surface area contributed by atoms with Crippen molar-refractivity contribution in [2.75, 3.05) is 0 Å². The third-order valence-corrected chi connectivity index (χ3v) is 6.36. The van der Waals surface area contributed by atoms with Crippen LogP contribution in [0.2, 0.25) is 0 Å². The Morgan fingerprint density at radius 2 is 2.09 bits per heavy atom. The first-order chi connectivity index (χ1) is 10.3. The zero-order valence-electron chi connectivity index (χ0n) is 12.5. The number of thiazole rings is 1. The van der Waals surface area contributed by atoms with Gasteiger partial charge in [-0.15, -0.1) is 16.4 Å². The van der Waals surface area contributed by atoms with Crippen molar-refractivity contribution in [1.82, 2.24) is 20.0 Å². The van der Waals surface area contributed by atoms with E-state index in [0.29, 0.717) is 5.69 Å². The van der Waals surface area contributed by atoms with E-state index < -0.39 is 9.84 Å². The highest BCUT2D eigenvalue weighted by molar-refractivity contribution is 7.92. The molecule has 2 aromatic heterocycles. The summed E-state index contributed by atoms with van der Waals surface area (Å²) >= 11 is 1.19. The van der Waals surface area contributed by atoms with Gasteiger partial charge in [0.1, 0.15) is 5.75 Å². The molecule has 0 saturated carbocycles. The SMILES string of the molecule is Cc1ccc2sc(S(=O)(=O)Cc3cn(C(C)C)nn3)nc2c1. The van der Waals surface area contributed by atoms with Crippen LogP contribution in [-0.2, 0) is 15.6 Å². The Hall–Kier alpha value is -1.80. The van der Waals surface area contributed by atoms with Crippen molar-refractivity contribution in [2.45, 2.75) is 36.9 Å². The predicted molar refractivity (Wildman–Crippen MR) is 85.7 cm³/mol. The Morgan fingerprint density at radius 1 is 1.32 bits per heavy atom. The van der Waals surface area contributed by atoms with Gasteiger partial charge in [-0.1, -0.05) is 11.3 Å². The van der Waals surface area contributed by atoms with Crippen LogP contribution < -0.4 is 0 Å². The molecule has 8 heteroatoms. The molecule has 0 amide bonds. The number of benzene rings is 1. The molecule has 3 rings (SSSR count). The second-order valence-electron chi connectivity index (χ2n) is 5.49. The number of sulfone groups is 1. The van der Waals surface area contributed by atoms with Gasteiger partial charge in [0.15, 0.2) is 0 Å². The van der Waals surface area contributed by atoms with Crippen molar-refractivity contribution in [2.24, 2.45) is 0 Å². The molecule has 22 heavy (non-hydrogen) atoms. The molecule has 0 atom stereocenters. The van der Waals surface area contributed by atoms with Crippen LogP contribution >= 0.6 is 11.3 Å². The first kappa shape index (κ1) is 15.1. The van der Waals surface area contributed by atoms with E-state index in [4.69, 9.17) is 0 Å². The Balaban J connectivity index is 1.93. The van der Waals surface area contributed by atoms with E-state index in [9.17, 15) is 8.42 Å². The molecule has 0 aliphatic rings. The molecule has 0 N–H and O–H groups in total. The first-order valence-electron chi connectivity index (χ1n) is 6.86. The first-order valence-corrected chi connectivity index (χ1v) is 9.33.